The van der Waals surface area contributed by atoms with Crippen LogP contribution in [-0.4, -0.2) is 64.3 Å². The van der Waals surface area contributed by atoms with E-state index >= 15 is 0 Å². The maximum Gasteiger partial charge on any atom is 0.0780 e. The van der Waals surface area contributed by atoms with Crippen molar-refractivity contribution < 1.29 is 33.8 Å². The molecule has 30 heavy (non-hydrogen) atoms. The third kappa shape index (κ3) is 42.6. The number of nitrogens with zero attached hydrogens (tertiary/aromatic N) is 2. The fourth-order valence-corrected chi connectivity index (χ4v) is 3.44. The predicted molar refractivity (Wildman–Crippen MR) is 131 cm³/mol. The van der Waals surface area contributed by atoms with E-state index in [4.69, 9.17) is 0 Å². The first kappa shape index (κ1) is 37.8. The van der Waals surface area contributed by atoms with Crippen LogP contribution in [0.4, 0.5) is 0 Å². The molecule has 0 fully saturated rings. The number of rotatable bonds is 18. The van der Waals surface area contributed by atoms with Crippen LogP contribution in [0.25, 0.3) is 0 Å². The molecule has 0 amide bonds. The molecule has 0 aliphatic rings. The zero-order chi connectivity index (χ0) is 21.7. The van der Waals surface area contributed by atoms with Crippen LogP contribution in [0.3, 0.4) is 0 Å². The number of unbranched alkanes of at least 4 members (excludes halogenated alkanes) is 14. The lowest BCUT2D eigenvalue weighted by Gasteiger charge is -2.23. The highest BCUT2D eigenvalue weighted by Crippen LogP contribution is 2.10. The first-order valence-electron chi connectivity index (χ1n) is 12.7. The average Bonchev–Trinajstić information content (AvgIpc) is 2.58. The molecule has 0 spiro atoms. The Morgan fingerprint density at radius 3 is 0.733 bits per heavy atom. The van der Waals surface area contributed by atoms with Crippen LogP contribution in [0.2, 0.25) is 0 Å². The molecular weight excluding hydrogens is 411 g/mol. The molecule has 0 saturated carbocycles. The smallest absolute Gasteiger partial charge is 0.0780 e. The fourth-order valence-electron chi connectivity index (χ4n) is 3.44. The molecule has 4 heteroatoms. The first-order valence-corrected chi connectivity index (χ1v) is 12.7. The lowest BCUT2D eigenvalue weighted by atomic mass is 10.1. The topological polar surface area (TPSA) is 0 Å². The highest BCUT2D eigenvalue weighted by molar-refractivity contribution is 4.46. The van der Waals surface area contributed by atoms with Crippen LogP contribution < -0.4 is 24.8 Å². The summed E-state index contributed by atoms with van der Waals surface area (Å²) in [5, 5.41) is 0. The molecule has 0 atom stereocenters. The summed E-state index contributed by atoms with van der Waals surface area (Å²) in [6, 6.07) is 0. The third-order valence-corrected chi connectivity index (χ3v) is 5.36. The minimum atomic E-state index is 0. The van der Waals surface area contributed by atoms with Crippen molar-refractivity contribution in [3.8, 4) is 0 Å². The standard InChI is InChI=1S/2C13H30N.2ClH/c2*1-5-6-7-8-9-10-11-12-13-14(2,3)4;;/h2*5-13H2,1-4H3;2*1H/q2*+1;;/p-2. The minimum Gasteiger partial charge on any atom is -1.00 e. The Balaban J connectivity index is -0.000000211. The van der Waals surface area contributed by atoms with E-state index < -0.39 is 0 Å². The number of hydrogen-bond donors (Lipinski definition) is 0. The molecule has 0 radical (unpaired) electrons. The van der Waals surface area contributed by atoms with Gasteiger partial charge in [0.1, 0.15) is 0 Å². The lowest BCUT2D eigenvalue weighted by molar-refractivity contribution is -0.870. The number of halogens is 2. The first-order chi connectivity index (χ1) is 13.1. The Labute approximate surface area is 205 Å². The molecular formula is C26H60Cl2N2. The Kier molecular flexibility index (Phi) is 32.5. The maximum atomic E-state index is 2.28. The molecule has 0 aromatic carbocycles. The summed E-state index contributed by atoms with van der Waals surface area (Å²) >= 11 is 0. The van der Waals surface area contributed by atoms with E-state index in [2.05, 4.69) is 56.1 Å². The Bertz CT molecular complexity index is 266. The van der Waals surface area contributed by atoms with Crippen LogP contribution in [0, 0.1) is 0 Å². The lowest BCUT2D eigenvalue weighted by Crippen LogP contribution is -3.00. The maximum absolute atomic E-state index is 2.28. The van der Waals surface area contributed by atoms with E-state index in [9.17, 15) is 0 Å². The summed E-state index contributed by atoms with van der Waals surface area (Å²) in [7, 11) is 13.7. The van der Waals surface area contributed by atoms with Crippen molar-refractivity contribution in [1.29, 1.82) is 0 Å². The largest absolute Gasteiger partial charge is 1.00 e. The molecule has 188 valence electrons. The van der Waals surface area contributed by atoms with Gasteiger partial charge in [-0.1, -0.05) is 90.9 Å². The van der Waals surface area contributed by atoms with Crippen LogP contribution >= 0.6 is 0 Å². The van der Waals surface area contributed by atoms with Gasteiger partial charge < -0.3 is 33.8 Å². The fraction of sp³-hybridized carbons (Fsp3) is 1.00. The second-order valence-electron chi connectivity index (χ2n) is 11.0. The van der Waals surface area contributed by atoms with Gasteiger partial charge in [0, 0.05) is 0 Å². The molecule has 0 rings (SSSR count). The molecule has 0 aromatic heterocycles. The van der Waals surface area contributed by atoms with Gasteiger partial charge in [0.25, 0.3) is 0 Å². The zero-order valence-electron chi connectivity index (χ0n) is 22.4. The van der Waals surface area contributed by atoms with E-state index in [1.54, 1.807) is 0 Å². The summed E-state index contributed by atoms with van der Waals surface area (Å²) in [5.41, 5.74) is 0. The molecule has 0 heterocycles. The quantitative estimate of drug-likeness (QED) is 0.211. The summed E-state index contributed by atoms with van der Waals surface area (Å²) in [5.74, 6) is 0. The second-order valence-corrected chi connectivity index (χ2v) is 11.0. The van der Waals surface area contributed by atoms with Gasteiger partial charge in [-0.25, -0.2) is 0 Å². The zero-order valence-corrected chi connectivity index (χ0v) is 23.9. The summed E-state index contributed by atoms with van der Waals surface area (Å²) in [6.07, 6.45) is 22.9. The van der Waals surface area contributed by atoms with Crippen molar-refractivity contribution in [1.82, 2.24) is 0 Å². The van der Waals surface area contributed by atoms with Crippen LogP contribution in [0.15, 0.2) is 0 Å². The normalized spacial score (nSPS) is 11.2. The Morgan fingerprint density at radius 1 is 0.333 bits per heavy atom. The van der Waals surface area contributed by atoms with Gasteiger partial charge in [-0.05, 0) is 25.7 Å². The van der Waals surface area contributed by atoms with E-state index in [0.717, 1.165) is 8.97 Å². The Morgan fingerprint density at radius 2 is 0.533 bits per heavy atom. The van der Waals surface area contributed by atoms with Crippen molar-refractivity contribution in [2.45, 2.75) is 117 Å². The predicted octanol–water partition coefficient (Wildman–Crippen LogP) is 1.67. The Hall–Kier alpha value is 0.500. The second kappa shape index (κ2) is 25.8. The van der Waals surface area contributed by atoms with Crippen molar-refractivity contribution in [2.75, 3.05) is 55.4 Å². The summed E-state index contributed by atoms with van der Waals surface area (Å²) in [4.78, 5) is 0. The number of quaternary nitrogens is 2. The van der Waals surface area contributed by atoms with Crippen molar-refractivity contribution in [2.24, 2.45) is 0 Å². The van der Waals surface area contributed by atoms with E-state index in [1.165, 1.54) is 116 Å². The molecule has 0 saturated heterocycles. The van der Waals surface area contributed by atoms with Gasteiger partial charge in [0.05, 0.1) is 55.4 Å². The van der Waals surface area contributed by atoms with E-state index in [-0.39, 0.29) is 24.8 Å². The molecule has 0 aromatic rings. The SMILES string of the molecule is CCCCCCCCCC[N+](C)(C)C.CCCCCCCCCC[N+](C)(C)C.[Cl-].[Cl-]. The molecule has 0 aliphatic heterocycles. The monoisotopic (exact) mass is 470 g/mol. The number of hydrogen-bond acceptors (Lipinski definition) is 0. The molecule has 0 N–H and O–H groups in total. The molecule has 2 nitrogen and oxygen atoms in total. The van der Waals surface area contributed by atoms with E-state index in [0.29, 0.717) is 0 Å². The van der Waals surface area contributed by atoms with Gasteiger partial charge in [0.15, 0.2) is 0 Å². The molecule has 0 unspecified atom stereocenters. The minimum absolute atomic E-state index is 0. The van der Waals surface area contributed by atoms with Crippen LogP contribution in [-0.2, 0) is 0 Å². The van der Waals surface area contributed by atoms with Crippen LogP contribution in [0.1, 0.15) is 117 Å². The van der Waals surface area contributed by atoms with Crippen molar-refractivity contribution >= 4 is 0 Å². The molecule has 0 bridgehead atoms. The highest BCUT2D eigenvalue weighted by atomic mass is 35.5. The van der Waals surface area contributed by atoms with Gasteiger partial charge in [-0.15, -0.1) is 0 Å². The van der Waals surface area contributed by atoms with Crippen LogP contribution in [0.5, 0.6) is 0 Å². The average molecular weight is 472 g/mol. The van der Waals surface area contributed by atoms with Gasteiger partial charge in [0.2, 0.25) is 0 Å². The van der Waals surface area contributed by atoms with Crippen molar-refractivity contribution in [3.05, 3.63) is 0 Å². The summed E-state index contributed by atoms with van der Waals surface area (Å²) in [6.45, 7) is 7.21. The van der Waals surface area contributed by atoms with Gasteiger partial charge >= 0.3 is 0 Å². The van der Waals surface area contributed by atoms with Crippen molar-refractivity contribution in [3.63, 3.8) is 0 Å². The van der Waals surface area contributed by atoms with Gasteiger partial charge in [-0.3, -0.25) is 0 Å². The van der Waals surface area contributed by atoms with Gasteiger partial charge in [-0.2, -0.15) is 0 Å². The highest BCUT2D eigenvalue weighted by Gasteiger charge is 2.05. The van der Waals surface area contributed by atoms with E-state index in [1.807, 2.05) is 0 Å². The summed E-state index contributed by atoms with van der Waals surface area (Å²) < 4.78 is 2.24. The third-order valence-electron chi connectivity index (χ3n) is 5.36. The molecule has 0 aliphatic carbocycles.